The largest absolute Gasteiger partial charge is 0.478 e. The van der Waals surface area contributed by atoms with Crippen LogP contribution in [0, 0.1) is 5.92 Å². The summed E-state index contributed by atoms with van der Waals surface area (Å²) in [4.78, 5) is 32.3. The van der Waals surface area contributed by atoms with Crippen LogP contribution in [0.1, 0.15) is 20.3 Å². The molecule has 3 amide bonds. The van der Waals surface area contributed by atoms with Crippen LogP contribution in [0.25, 0.3) is 0 Å². The molecule has 0 fully saturated rings. The van der Waals surface area contributed by atoms with Crippen LogP contribution in [0.15, 0.2) is 12.2 Å². The number of carboxylic acid groups (broad SMARTS) is 1. The molecular weight excluding hydrogens is 252 g/mol. The van der Waals surface area contributed by atoms with E-state index in [0.717, 1.165) is 12.5 Å². The fourth-order valence-electron chi connectivity index (χ4n) is 1.00. The Labute approximate surface area is 112 Å². The smallest absolute Gasteiger partial charge is 0.328 e. The van der Waals surface area contributed by atoms with Crippen LogP contribution in [0.4, 0.5) is 4.79 Å². The molecule has 0 atom stereocenters. The molecule has 0 aromatic carbocycles. The van der Waals surface area contributed by atoms with Gasteiger partial charge in [-0.05, 0) is 12.3 Å². The van der Waals surface area contributed by atoms with E-state index < -0.39 is 17.9 Å². The van der Waals surface area contributed by atoms with Gasteiger partial charge in [0.2, 0.25) is 0 Å². The van der Waals surface area contributed by atoms with Gasteiger partial charge in [-0.2, -0.15) is 0 Å². The highest BCUT2D eigenvalue weighted by Crippen LogP contribution is 1.98. The minimum Gasteiger partial charge on any atom is -0.478 e. The molecule has 3 N–H and O–H groups in total. The first-order chi connectivity index (χ1) is 8.91. The molecule has 108 valence electrons. The van der Waals surface area contributed by atoms with Gasteiger partial charge in [0, 0.05) is 25.3 Å². The number of ether oxygens (including phenoxy) is 1. The van der Waals surface area contributed by atoms with E-state index >= 15 is 0 Å². The van der Waals surface area contributed by atoms with Crippen molar-refractivity contribution in [1.29, 1.82) is 0 Å². The summed E-state index contributed by atoms with van der Waals surface area (Å²) in [5.74, 6) is -1.48. The van der Waals surface area contributed by atoms with Crippen molar-refractivity contribution < 1.29 is 24.2 Å². The number of amides is 3. The zero-order valence-corrected chi connectivity index (χ0v) is 11.1. The summed E-state index contributed by atoms with van der Waals surface area (Å²) in [6, 6.07) is -0.688. The molecule has 7 heteroatoms. The van der Waals surface area contributed by atoms with Crippen LogP contribution in [0.2, 0.25) is 0 Å². The molecule has 0 spiro atoms. The lowest BCUT2D eigenvalue weighted by Crippen LogP contribution is -2.40. The first-order valence-corrected chi connectivity index (χ1v) is 5.99. The van der Waals surface area contributed by atoms with Gasteiger partial charge in [0.05, 0.1) is 6.61 Å². The molecule has 0 aliphatic heterocycles. The molecule has 0 aliphatic rings. The monoisotopic (exact) mass is 272 g/mol. The Hall–Kier alpha value is -1.89. The zero-order valence-electron chi connectivity index (χ0n) is 11.1. The third kappa shape index (κ3) is 12.4. The molecule has 0 aromatic heterocycles. The molecule has 0 aromatic rings. The van der Waals surface area contributed by atoms with Crippen molar-refractivity contribution in [2.24, 2.45) is 5.92 Å². The highest BCUT2D eigenvalue weighted by atomic mass is 16.5. The van der Waals surface area contributed by atoms with Gasteiger partial charge in [-0.25, -0.2) is 9.59 Å². The highest BCUT2D eigenvalue weighted by molar-refractivity contribution is 6.02. The maximum Gasteiger partial charge on any atom is 0.328 e. The van der Waals surface area contributed by atoms with Crippen LogP contribution >= 0.6 is 0 Å². The van der Waals surface area contributed by atoms with E-state index in [2.05, 4.69) is 19.2 Å². The van der Waals surface area contributed by atoms with Crippen LogP contribution in [0.5, 0.6) is 0 Å². The van der Waals surface area contributed by atoms with Crippen LogP contribution in [-0.2, 0) is 14.3 Å². The molecule has 0 rings (SSSR count). The van der Waals surface area contributed by atoms with Crippen molar-refractivity contribution in [1.82, 2.24) is 10.6 Å². The summed E-state index contributed by atoms with van der Waals surface area (Å²) in [6.07, 6.45) is 2.36. The minimum absolute atomic E-state index is 0.278. The van der Waals surface area contributed by atoms with E-state index in [1.54, 1.807) is 0 Å². The highest BCUT2D eigenvalue weighted by Gasteiger charge is 2.04. The summed E-state index contributed by atoms with van der Waals surface area (Å²) in [7, 11) is 0. The van der Waals surface area contributed by atoms with Gasteiger partial charge in [-0.15, -0.1) is 0 Å². The second-order valence-electron chi connectivity index (χ2n) is 4.21. The number of hydrogen-bond donors (Lipinski definition) is 3. The number of aliphatic carboxylic acids is 1. The summed E-state index contributed by atoms with van der Waals surface area (Å²) in [6.45, 7) is 5.44. The van der Waals surface area contributed by atoms with E-state index in [4.69, 9.17) is 9.84 Å². The standard InChI is InChI=1S/C12H20N2O5/c1-9(2)5-7-19-8-6-13-12(18)14-10(15)3-4-11(16)17/h3-4,9H,5-8H2,1-2H3,(H,16,17)(H2,13,14,15,18)/b4-3+. The van der Waals surface area contributed by atoms with E-state index in [9.17, 15) is 14.4 Å². The maximum atomic E-state index is 11.2. The number of nitrogens with one attached hydrogen (secondary N) is 2. The van der Waals surface area contributed by atoms with Crippen LogP contribution in [-0.4, -0.2) is 42.8 Å². The van der Waals surface area contributed by atoms with Gasteiger partial charge >= 0.3 is 12.0 Å². The quantitative estimate of drug-likeness (QED) is 0.441. The normalized spacial score (nSPS) is 10.7. The minimum atomic E-state index is -1.26. The number of hydrogen-bond acceptors (Lipinski definition) is 4. The number of rotatable bonds is 8. The Morgan fingerprint density at radius 1 is 1.21 bits per heavy atom. The Morgan fingerprint density at radius 3 is 2.47 bits per heavy atom. The van der Waals surface area contributed by atoms with Gasteiger partial charge < -0.3 is 15.2 Å². The van der Waals surface area contributed by atoms with Crippen molar-refractivity contribution in [3.8, 4) is 0 Å². The number of imide groups is 1. The lowest BCUT2D eigenvalue weighted by atomic mass is 10.1. The molecule has 19 heavy (non-hydrogen) atoms. The van der Waals surface area contributed by atoms with Crippen LogP contribution < -0.4 is 10.6 Å². The van der Waals surface area contributed by atoms with Crippen LogP contribution in [0.3, 0.4) is 0 Å². The molecule has 0 radical (unpaired) electrons. The Bertz CT molecular complexity index is 339. The first-order valence-electron chi connectivity index (χ1n) is 5.99. The number of carbonyl (C=O) groups is 3. The van der Waals surface area contributed by atoms with Crippen molar-refractivity contribution in [3.05, 3.63) is 12.2 Å². The molecular formula is C12H20N2O5. The number of carbonyl (C=O) groups excluding carboxylic acids is 2. The maximum absolute atomic E-state index is 11.2. The van der Waals surface area contributed by atoms with Crippen molar-refractivity contribution in [2.75, 3.05) is 19.8 Å². The third-order valence-electron chi connectivity index (χ3n) is 1.99. The number of carboxylic acids is 1. The van der Waals surface area contributed by atoms with Crippen molar-refractivity contribution >= 4 is 17.9 Å². The predicted octanol–water partition coefficient (Wildman–Crippen LogP) is 0.516. The first kappa shape index (κ1) is 17.1. The lowest BCUT2D eigenvalue weighted by Gasteiger charge is -2.07. The topological polar surface area (TPSA) is 105 Å². The Morgan fingerprint density at radius 2 is 1.89 bits per heavy atom. The molecule has 0 saturated carbocycles. The Balaban J connectivity index is 3.59. The van der Waals surface area contributed by atoms with Gasteiger partial charge in [0.1, 0.15) is 0 Å². The molecule has 7 nitrogen and oxygen atoms in total. The average Bonchev–Trinajstić information content (AvgIpc) is 2.30. The second kappa shape index (κ2) is 10.1. The molecule has 0 aliphatic carbocycles. The van der Waals surface area contributed by atoms with Crippen molar-refractivity contribution in [3.63, 3.8) is 0 Å². The summed E-state index contributed by atoms with van der Waals surface area (Å²) >= 11 is 0. The second-order valence-corrected chi connectivity index (χ2v) is 4.21. The summed E-state index contributed by atoms with van der Waals surface area (Å²) in [5, 5.41) is 12.6. The average molecular weight is 272 g/mol. The fraction of sp³-hybridized carbons (Fsp3) is 0.583. The van der Waals surface area contributed by atoms with E-state index in [0.29, 0.717) is 25.2 Å². The van der Waals surface area contributed by atoms with E-state index in [1.165, 1.54) is 0 Å². The summed E-state index contributed by atoms with van der Waals surface area (Å²) < 4.78 is 5.26. The van der Waals surface area contributed by atoms with Crippen molar-refractivity contribution in [2.45, 2.75) is 20.3 Å². The molecule has 0 unspecified atom stereocenters. The zero-order chi connectivity index (χ0) is 14.7. The van der Waals surface area contributed by atoms with Gasteiger partial charge in [0.25, 0.3) is 5.91 Å². The summed E-state index contributed by atoms with van der Waals surface area (Å²) in [5.41, 5.74) is 0. The fourth-order valence-corrected chi connectivity index (χ4v) is 1.00. The molecule has 0 bridgehead atoms. The lowest BCUT2D eigenvalue weighted by molar-refractivity contribution is -0.131. The Kier molecular flexibility index (Phi) is 9.07. The van der Waals surface area contributed by atoms with E-state index in [1.807, 2.05) is 5.32 Å². The van der Waals surface area contributed by atoms with Gasteiger partial charge in [0.15, 0.2) is 0 Å². The molecule has 0 heterocycles. The number of urea groups is 1. The SMILES string of the molecule is CC(C)CCOCCNC(=O)NC(=O)/C=C/C(=O)O. The third-order valence-corrected chi connectivity index (χ3v) is 1.99. The molecule has 0 saturated heterocycles. The van der Waals surface area contributed by atoms with Gasteiger partial charge in [-0.1, -0.05) is 13.8 Å². The predicted molar refractivity (Wildman–Crippen MR) is 68.6 cm³/mol. The van der Waals surface area contributed by atoms with Gasteiger partial charge in [-0.3, -0.25) is 10.1 Å². The van der Waals surface area contributed by atoms with E-state index in [-0.39, 0.29) is 6.54 Å².